The number of nitrogens with one attached hydrogen (secondary N) is 1. The van der Waals surface area contributed by atoms with Crippen LogP contribution in [0.3, 0.4) is 0 Å². The average molecular weight is 418 g/mol. The van der Waals surface area contributed by atoms with Crippen molar-refractivity contribution in [3.05, 3.63) is 64.9 Å². The summed E-state index contributed by atoms with van der Waals surface area (Å²) in [6.07, 6.45) is 0.0473. The zero-order valence-electron chi connectivity index (χ0n) is 18.8. The zero-order valence-corrected chi connectivity index (χ0v) is 18.8. The van der Waals surface area contributed by atoms with Gasteiger partial charge < -0.3 is 5.32 Å². The molecule has 0 unspecified atom stereocenters. The molecule has 1 N–H and O–H groups in total. The van der Waals surface area contributed by atoms with Crippen molar-refractivity contribution >= 4 is 17.5 Å². The zero-order chi connectivity index (χ0) is 22.3. The second-order valence-electron chi connectivity index (χ2n) is 8.92. The fourth-order valence-corrected chi connectivity index (χ4v) is 3.41. The highest BCUT2D eigenvalue weighted by atomic mass is 16.1. The Hall–Kier alpha value is -3.55. The highest BCUT2D eigenvalue weighted by molar-refractivity contribution is 5.91. The van der Waals surface area contributed by atoms with Gasteiger partial charge in [0.05, 0.1) is 17.8 Å². The van der Waals surface area contributed by atoms with Crippen LogP contribution < -0.4 is 5.32 Å². The molecule has 0 aliphatic rings. The van der Waals surface area contributed by atoms with Crippen LogP contribution in [0.25, 0.3) is 11.5 Å². The van der Waals surface area contributed by atoms with Gasteiger partial charge in [0.15, 0.2) is 5.82 Å². The van der Waals surface area contributed by atoms with E-state index in [1.165, 1.54) is 0 Å². The lowest BCUT2D eigenvalue weighted by atomic mass is 9.92. The Kier molecular flexibility index (Phi) is 5.08. The topological polar surface area (TPSA) is 90.0 Å². The second-order valence-corrected chi connectivity index (χ2v) is 8.92. The van der Waals surface area contributed by atoms with Crippen LogP contribution in [0.5, 0.6) is 0 Å². The van der Waals surface area contributed by atoms with E-state index in [-0.39, 0.29) is 17.7 Å². The van der Waals surface area contributed by atoms with Gasteiger partial charge in [0.1, 0.15) is 5.82 Å². The van der Waals surface area contributed by atoms with Crippen LogP contribution in [0.1, 0.15) is 49.2 Å². The number of hydrogen-bond donors (Lipinski definition) is 1. The minimum absolute atomic E-state index is 0.0473. The monoisotopic (exact) mass is 417 g/mol. The summed E-state index contributed by atoms with van der Waals surface area (Å²) >= 11 is 0. The van der Waals surface area contributed by atoms with E-state index >= 15 is 0 Å². The number of aromatic nitrogens is 6. The minimum Gasteiger partial charge on any atom is -0.310 e. The van der Waals surface area contributed by atoms with Gasteiger partial charge in [-0.25, -0.2) is 14.2 Å². The molecule has 1 aromatic carbocycles. The first-order chi connectivity index (χ1) is 14.6. The van der Waals surface area contributed by atoms with Gasteiger partial charge >= 0.3 is 0 Å². The summed E-state index contributed by atoms with van der Waals surface area (Å²) in [6.45, 7) is 12.2. The SMILES string of the molecule is Cc1cccc(-n2nc(C(C)(C)C)cc2NC(=O)Cc2nc3nc(C)cc(C)n3n2)c1. The standard InChI is InChI=1S/C23H27N7O/c1-14-8-7-9-17(10-14)30-20(12-18(27-30)23(4,5)6)26-21(31)13-19-25-22-24-15(2)11-16(3)29(22)28-19/h7-12H,13H2,1-6H3,(H,26,31). The van der Waals surface area contributed by atoms with E-state index in [1.807, 2.05) is 57.2 Å². The number of aryl methyl sites for hydroxylation is 3. The molecule has 160 valence electrons. The molecule has 0 fully saturated rings. The molecule has 1 amide bonds. The van der Waals surface area contributed by atoms with Crippen molar-refractivity contribution in [2.75, 3.05) is 5.32 Å². The molecule has 8 heteroatoms. The largest absolute Gasteiger partial charge is 0.310 e. The highest BCUT2D eigenvalue weighted by Crippen LogP contribution is 2.26. The molecule has 0 radical (unpaired) electrons. The van der Waals surface area contributed by atoms with Crippen molar-refractivity contribution in [3.63, 3.8) is 0 Å². The van der Waals surface area contributed by atoms with Gasteiger partial charge in [-0.15, -0.1) is 5.10 Å². The van der Waals surface area contributed by atoms with Gasteiger partial charge in [-0.05, 0) is 44.5 Å². The summed E-state index contributed by atoms with van der Waals surface area (Å²) < 4.78 is 3.43. The first kappa shape index (κ1) is 20.7. The van der Waals surface area contributed by atoms with Crippen LogP contribution in [0.15, 0.2) is 36.4 Å². The van der Waals surface area contributed by atoms with Crippen molar-refractivity contribution in [1.29, 1.82) is 0 Å². The van der Waals surface area contributed by atoms with E-state index in [9.17, 15) is 4.79 Å². The lowest BCUT2D eigenvalue weighted by molar-refractivity contribution is -0.115. The van der Waals surface area contributed by atoms with Crippen LogP contribution in [-0.4, -0.2) is 35.3 Å². The number of anilines is 1. The highest BCUT2D eigenvalue weighted by Gasteiger charge is 2.22. The van der Waals surface area contributed by atoms with E-state index in [0.29, 0.717) is 17.4 Å². The number of rotatable bonds is 4. The number of hydrogen-bond acceptors (Lipinski definition) is 5. The average Bonchev–Trinajstić information content (AvgIpc) is 3.25. The maximum atomic E-state index is 12.9. The number of carbonyl (C=O) groups is 1. The Morgan fingerprint density at radius 1 is 1.03 bits per heavy atom. The Bertz CT molecular complexity index is 1280. The Morgan fingerprint density at radius 2 is 1.81 bits per heavy atom. The molecule has 0 aliphatic heterocycles. The van der Waals surface area contributed by atoms with Gasteiger partial charge in [0.25, 0.3) is 5.78 Å². The third-order valence-corrected chi connectivity index (χ3v) is 4.97. The van der Waals surface area contributed by atoms with Crippen molar-refractivity contribution < 1.29 is 4.79 Å². The number of carbonyl (C=O) groups excluding carboxylic acids is 1. The number of amides is 1. The molecule has 0 atom stereocenters. The summed E-state index contributed by atoms with van der Waals surface area (Å²) in [5, 5.41) is 12.2. The third-order valence-electron chi connectivity index (χ3n) is 4.97. The fraction of sp³-hybridized carbons (Fsp3) is 0.348. The van der Waals surface area contributed by atoms with E-state index in [0.717, 1.165) is 28.3 Å². The van der Waals surface area contributed by atoms with Crippen LogP contribution in [0, 0.1) is 20.8 Å². The summed E-state index contributed by atoms with van der Waals surface area (Å²) in [7, 11) is 0. The first-order valence-electron chi connectivity index (χ1n) is 10.3. The third kappa shape index (κ3) is 4.33. The maximum Gasteiger partial charge on any atom is 0.252 e. The Morgan fingerprint density at radius 3 is 2.52 bits per heavy atom. The molecule has 4 aromatic rings. The quantitative estimate of drug-likeness (QED) is 0.547. The lowest BCUT2D eigenvalue weighted by Crippen LogP contribution is -2.18. The molecule has 0 bridgehead atoms. The molecule has 31 heavy (non-hydrogen) atoms. The molecule has 0 aliphatic carbocycles. The van der Waals surface area contributed by atoms with Gasteiger partial charge in [-0.2, -0.15) is 10.1 Å². The summed E-state index contributed by atoms with van der Waals surface area (Å²) in [6, 6.07) is 11.9. The van der Waals surface area contributed by atoms with E-state index < -0.39 is 0 Å². The van der Waals surface area contributed by atoms with Gasteiger partial charge in [-0.1, -0.05) is 32.9 Å². The number of fused-ring (bicyclic) bond motifs is 1. The molecular weight excluding hydrogens is 390 g/mol. The molecule has 0 saturated heterocycles. The number of benzene rings is 1. The molecule has 3 heterocycles. The van der Waals surface area contributed by atoms with E-state index in [1.54, 1.807) is 9.20 Å². The maximum absolute atomic E-state index is 12.9. The molecule has 8 nitrogen and oxygen atoms in total. The lowest BCUT2D eigenvalue weighted by Gasteiger charge is -2.14. The molecular formula is C23H27N7O. The summed E-state index contributed by atoms with van der Waals surface area (Å²) in [4.78, 5) is 21.7. The van der Waals surface area contributed by atoms with Crippen molar-refractivity contribution in [3.8, 4) is 5.69 Å². The van der Waals surface area contributed by atoms with Gasteiger partial charge in [0.2, 0.25) is 5.91 Å². The van der Waals surface area contributed by atoms with Crippen LogP contribution in [0.2, 0.25) is 0 Å². The summed E-state index contributed by atoms with van der Waals surface area (Å²) in [5.74, 6) is 1.34. The van der Waals surface area contributed by atoms with Gasteiger partial charge in [-0.3, -0.25) is 4.79 Å². The second kappa shape index (κ2) is 7.61. The molecule has 4 rings (SSSR count). The van der Waals surface area contributed by atoms with E-state index in [2.05, 4.69) is 41.2 Å². The molecule has 0 saturated carbocycles. The van der Waals surface area contributed by atoms with Crippen molar-refractivity contribution in [2.45, 2.75) is 53.4 Å². The molecule has 0 spiro atoms. The normalized spacial score (nSPS) is 11.8. The van der Waals surface area contributed by atoms with Crippen LogP contribution >= 0.6 is 0 Å². The minimum atomic E-state index is -0.209. The smallest absolute Gasteiger partial charge is 0.252 e. The van der Waals surface area contributed by atoms with Crippen molar-refractivity contribution in [1.82, 2.24) is 29.4 Å². The Balaban J connectivity index is 1.63. The number of nitrogens with zero attached hydrogens (tertiary/aromatic N) is 6. The van der Waals surface area contributed by atoms with E-state index in [4.69, 9.17) is 5.10 Å². The first-order valence-corrected chi connectivity index (χ1v) is 10.3. The van der Waals surface area contributed by atoms with Crippen LogP contribution in [0.4, 0.5) is 5.82 Å². The fourth-order valence-electron chi connectivity index (χ4n) is 3.41. The Labute approximate surface area is 181 Å². The summed E-state index contributed by atoms with van der Waals surface area (Å²) in [5.41, 5.74) is 4.55. The van der Waals surface area contributed by atoms with Gasteiger partial charge in [0, 0.05) is 22.9 Å². The van der Waals surface area contributed by atoms with Crippen molar-refractivity contribution in [2.24, 2.45) is 0 Å². The molecule has 3 aromatic heterocycles. The predicted octanol–water partition coefficient (Wildman–Crippen LogP) is 3.71. The predicted molar refractivity (Wildman–Crippen MR) is 120 cm³/mol. The van der Waals surface area contributed by atoms with Crippen LogP contribution in [-0.2, 0) is 16.6 Å².